The molecule has 1 N–H and O–H groups in total. The second kappa shape index (κ2) is 6.54. The highest BCUT2D eigenvalue weighted by molar-refractivity contribution is 7.99. The first-order chi connectivity index (χ1) is 8.79. The summed E-state index contributed by atoms with van der Waals surface area (Å²) in [6.45, 7) is 4.33. The van der Waals surface area contributed by atoms with Crippen LogP contribution in [0.25, 0.3) is 11.0 Å². The number of anilines is 1. The molecule has 0 spiro atoms. The minimum Gasteiger partial charge on any atom is -0.350 e. The van der Waals surface area contributed by atoms with E-state index in [0.29, 0.717) is 12.0 Å². The maximum Gasteiger partial charge on any atom is 0.243 e. The molecule has 1 aromatic carbocycles. The SMILES string of the molecule is CCSCCC(C)Nc1nnc2ccccc2n1. The topological polar surface area (TPSA) is 50.7 Å². The third-order valence-corrected chi connectivity index (χ3v) is 3.57. The van der Waals surface area contributed by atoms with E-state index in [1.165, 1.54) is 5.75 Å². The van der Waals surface area contributed by atoms with E-state index in [4.69, 9.17) is 0 Å². The van der Waals surface area contributed by atoms with Crippen molar-refractivity contribution in [3.8, 4) is 0 Å². The Morgan fingerprint density at radius 1 is 1.22 bits per heavy atom. The number of para-hydroxylation sites is 1. The average molecular weight is 262 g/mol. The van der Waals surface area contributed by atoms with Crippen LogP contribution >= 0.6 is 11.8 Å². The molecule has 2 rings (SSSR count). The van der Waals surface area contributed by atoms with Crippen LogP contribution in [0.3, 0.4) is 0 Å². The Morgan fingerprint density at radius 2 is 2.00 bits per heavy atom. The van der Waals surface area contributed by atoms with Gasteiger partial charge in [-0.25, -0.2) is 4.98 Å². The van der Waals surface area contributed by atoms with E-state index in [1.807, 2.05) is 36.0 Å². The lowest BCUT2D eigenvalue weighted by molar-refractivity contribution is 0.756. The first-order valence-electron chi connectivity index (χ1n) is 6.23. The molecule has 0 fully saturated rings. The van der Waals surface area contributed by atoms with Gasteiger partial charge in [0.2, 0.25) is 5.95 Å². The van der Waals surface area contributed by atoms with Gasteiger partial charge in [0.15, 0.2) is 0 Å². The number of hydrogen-bond acceptors (Lipinski definition) is 5. The lowest BCUT2D eigenvalue weighted by Crippen LogP contribution is -2.18. The highest BCUT2D eigenvalue weighted by atomic mass is 32.2. The zero-order valence-electron chi connectivity index (χ0n) is 10.8. The van der Waals surface area contributed by atoms with E-state index in [9.17, 15) is 0 Å². The van der Waals surface area contributed by atoms with Crippen LogP contribution in [0.1, 0.15) is 20.3 Å². The van der Waals surface area contributed by atoms with E-state index >= 15 is 0 Å². The van der Waals surface area contributed by atoms with Gasteiger partial charge in [0, 0.05) is 6.04 Å². The van der Waals surface area contributed by atoms with Gasteiger partial charge < -0.3 is 5.32 Å². The van der Waals surface area contributed by atoms with Crippen molar-refractivity contribution in [2.75, 3.05) is 16.8 Å². The van der Waals surface area contributed by atoms with E-state index in [1.54, 1.807) is 0 Å². The Morgan fingerprint density at radius 3 is 2.78 bits per heavy atom. The Hall–Kier alpha value is -1.36. The zero-order chi connectivity index (χ0) is 12.8. The van der Waals surface area contributed by atoms with Crippen LogP contribution in [0.5, 0.6) is 0 Å². The Bertz CT molecular complexity index is 503. The van der Waals surface area contributed by atoms with Gasteiger partial charge in [-0.05, 0) is 37.0 Å². The van der Waals surface area contributed by atoms with Gasteiger partial charge >= 0.3 is 0 Å². The lowest BCUT2D eigenvalue weighted by Gasteiger charge is -2.12. The van der Waals surface area contributed by atoms with Crippen LogP contribution in [0.2, 0.25) is 0 Å². The second-order valence-corrected chi connectivity index (χ2v) is 5.55. The van der Waals surface area contributed by atoms with Crippen molar-refractivity contribution in [1.29, 1.82) is 0 Å². The van der Waals surface area contributed by atoms with Crippen molar-refractivity contribution < 1.29 is 0 Å². The van der Waals surface area contributed by atoms with Crippen molar-refractivity contribution in [3.05, 3.63) is 24.3 Å². The number of thioether (sulfide) groups is 1. The summed E-state index contributed by atoms with van der Waals surface area (Å²) in [5.41, 5.74) is 1.71. The van der Waals surface area contributed by atoms with E-state index in [2.05, 4.69) is 34.3 Å². The van der Waals surface area contributed by atoms with Crippen molar-refractivity contribution in [2.45, 2.75) is 26.3 Å². The van der Waals surface area contributed by atoms with Crippen LogP contribution in [0.15, 0.2) is 24.3 Å². The van der Waals surface area contributed by atoms with Crippen molar-refractivity contribution in [1.82, 2.24) is 15.2 Å². The molecular weight excluding hydrogens is 244 g/mol. The van der Waals surface area contributed by atoms with Gasteiger partial charge in [-0.1, -0.05) is 19.1 Å². The quantitative estimate of drug-likeness (QED) is 0.811. The fourth-order valence-corrected chi connectivity index (χ4v) is 2.45. The Balaban J connectivity index is 1.98. The summed E-state index contributed by atoms with van der Waals surface area (Å²) in [6, 6.07) is 8.14. The van der Waals surface area contributed by atoms with E-state index < -0.39 is 0 Å². The summed E-state index contributed by atoms with van der Waals surface area (Å²) in [5.74, 6) is 2.94. The number of nitrogens with one attached hydrogen (secondary N) is 1. The van der Waals surface area contributed by atoms with Gasteiger partial charge in [-0.2, -0.15) is 11.8 Å². The standard InChI is InChI=1S/C13H18N4S/c1-3-18-9-8-10(2)14-13-15-11-6-4-5-7-12(11)16-17-13/h4-7,10H,3,8-9H2,1-2H3,(H,14,15,17). The van der Waals surface area contributed by atoms with Gasteiger partial charge in [0.25, 0.3) is 0 Å². The molecule has 18 heavy (non-hydrogen) atoms. The predicted octanol–water partition coefficient (Wildman–Crippen LogP) is 2.97. The van der Waals surface area contributed by atoms with Crippen molar-refractivity contribution in [2.24, 2.45) is 0 Å². The van der Waals surface area contributed by atoms with Crippen LogP contribution in [0.4, 0.5) is 5.95 Å². The normalized spacial score (nSPS) is 12.6. The average Bonchev–Trinajstić information content (AvgIpc) is 2.39. The second-order valence-electron chi connectivity index (χ2n) is 4.16. The number of hydrogen-bond donors (Lipinski definition) is 1. The molecule has 1 heterocycles. The smallest absolute Gasteiger partial charge is 0.243 e. The maximum atomic E-state index is 4.45. The number of rotatable bonds is 6. The zero-order valence-corrected chi connectivity index (χ0v) is 11.6. The molecule has 0 bridgehead atoms. The molecular formula is C13H18N4S. The molecule has 0 radical (unpaired) electrons. The molecule has 0 aliphatic carbocycles. The molecule has 0 saturated heterocycles. The molecule has 0 saturated carbocycles. The summed E-state index contributed by atoms with van der Waals surface area (Å²) in [5, 5.41) is 11.5. The molecule has 1 unspecified atom stereocenters. The molecule has 96 valence electrons. The third kappa shape index (κ3) is 3.57. The van der Waals surface area contributed by atoms with Gasteiger partial charge in [-0.3, -0.25) is 0 Å². The third-order valence-electron chi connectivity index (χ3n) is 2.64. The monoisotopic (exact) mass is 262 g/mol. The van der Waals surface area contributed by atoms with E-state index in [-0.39, 0.29) is 0 Å². The number of benzene rings is 1. The lowest BCUT2D eigenvalue weighted by atomic mass is 10.3. The predicted molar refractivity (Wildman–Crippen MR) is 78.0 cm³/mol. The Kier molecular flexibility index (Phi) is 4.75. The fraction of sp³-hybridized carbons (Fsp3) is 0.462. The van der Waals surface area contributed by atoms with Crippen molar-refractivity contribution in [3.63, 3.8) is 0 Å². The molecule has 5 heteroatoms. The molecule has 1 aromatic heterocycles. The van der Waals surface area contributed by atoms with Crippen LogP contribution in [-0.4, -0.2) is 32.7 Å². The molecule has 2 aromatic rings. The Labute approximate surface area is 112 Å². The molecule has 1 atom stereocenters. The highest BCUT2D eigenvalue weighted by Gasteiger charge is 2.05. The summed E-state index contributed by atoms with van der Waals surface area (Å²) >= 11 is 1.95. The van der Waals surface area contributed by atoms with Gasteiger partial charge in [0.1, 0.15) is 5.52 Å². The number of fused-ring (bicyclic) bond motifs is 1. The van der Waals surface area contributed by atoms with Gasteiger partial charge in [-0.15, -0.1) is 10.2 Å². The number of aromatic nitrogens is 3. The largest absolute Gasteiger partial charge is 0.350 e. The van der Waals surface area contributed by atoms with E-state index in [0.717, 1.165) is 23.2 Å². The summed E-state index contributed by atoms with van der Waals surface area (Å²) < 4.78 is 0. The van der Waals surface area contributed by atoms with Crippen molar-refractivity contribution >= 4 is 28.7 Å². The summed E-state index contributed by atoms with van der Waals surface area (Å²) in [4.78, 5) is 4.45. The summed E-state index contributed by atoms with van der Waals surface area (Å²) in [6.07, 6.45) is 1.11. The molecule has 0 aliphatic heterocycles. The molecule has 0 amide bonds. The summed E-state index contributed by atoms with van der Waals surface area (Å²) in [7, 11) is 0. The first kappa shape index (κ1) is 13.1. The van der Waals surface area contributed by atoms with Crippen LogP contribution < -0.4 is 5.32 Å². The van der Waals surface area contributed by atoms with Crippen LogP contribution in [0, 0.1) is 0 Å². The minimum atomic E-state index is 0.368. The molecule has 0 aliphatic rings. The maximum absolute atomic E-state index is 4.45. The molecule has 4 nitrogen and oxygen atoms in total. The van der Waals surface area contributed by atoms with Gasteiger partial charge in [0.05, 0.1) is 5.52 Å². The highest BCUT2D eigenvalue weighted by Crippen LogP contribution is 2.11. The minimum absolute atomic E-state index is 0.368. The fourth-order valence-electron chi connectivity index (χ4n) is 1.64. The number of nitrogens with zero attached hydrogens (tertiary/aromatic N) is 3. The van der Waals surface area contributed by atoms with Crippen LogP contribution in [-0.2, 0) is 0 Å². The first-order valence-corrected chi connectivity index (χ1v) is 7.39.